The Labute approximate surface area is 178 Å². The van der Waals surface area contributed by atoms with Crippen molar-refractivity contribution in [2.24, 2.45) is 0 Å². The number of hydrogen-bond acceptors (Lipinski definition) is 5. The molecule has 0 spiro atoms. The largest absolute Gasteiger partial charge is 0.489 e. The van der Waals surface area contributed by atoms with Crippen LogP contribution in [0.4, 0.5) is 11.4 Å². The first kappa shape index (κ1) is 20.9. The fourth-order valence-corrected chi connectivity index (χ4v) is 2.90. The Morgan fingerprint density at radius 1 is 1.07 bits per heavy atom. The molecule has 30 heavy (non-hydrogen) atoms. The Hall–Kier alpha value is -3.78. The normalized spacial score (nSPS) is 10.2. The van der Waals surface area contributed by atoms with Crippen LogP contribution in [0.1, 0.15) is 21.5 Å². The zero-order valence-electron chi connectivity index (χ0n) is 16.1. The molecule has 0 fully saturated rings. The van der Waals surface area contributed by atoms with Gasteiger partial charge in [-0.05, 0) is 54.5 Å². The maximum Gasteiger partial charge on any atom is 0.292 e. The molecule has 0 heterocycles. The summed E-state index contributed by atoms with van der Waals surface area (Å²) in [6, 6.07) is 21.1. The fraction of sp³-hybridized carbons (Fsp3) is 0.0909. The van der Waals surface area contributed by atoms with Crippen LogP contribution in [0.25, 0.3) is 0 Å². The van der Waals surface area contributed by atoms with Crippen molar-refractivity contribution in [3.63, 3.8) is 0 Å². The lowest BCUT2D eigenvalue weighted by atomic mass is 10.2. The Bertz CT molecular complexity index is 1090. The highest BCUT2D eigenvalue weighted by Crippen LogP contribution is 2.25. The second kappa shape index (κ2) is 9.62. The summed E-state index contributed by atoms with van der Waals surface area (Å²) in [5.74, 6) is 0.0898. The molecular weight excluding hydrogens is 402 g/mol. The molecule has 152 valence electrons. The third-order valence-corrected chi connectivity index (χ3v) is 4.37. The molecule has 0 aliphatic heterocycles. The molecule has 3 rings (SSSR count). The molecule has 0 aliphatic rings. The molecule has 3 aromatic rings. The lowest BCUT2D eigenvalue weighted by Crippen LogP contribution is -2.34. The van der Waals surface area contributed by atoms with Crippen LogP contribution in [0.15, 0.2) is 72.8 Å². The standard InChI is InChI=1S/C22H19N3O4S/c1-15-10-11-19(20(12-15)25(27)28)23-22(30)24-21(26)17-8-5-9-18(13-17)29-14-16-6-3-2-4-7-16/h2-13H,14H2,1H3,(H2,23,24,26,30). The van der Waals surface area contributed by atoms with Crippen molar-refractivity contribution in [3.8, 4) is 5.75 Å². The molecular formula is C22H19N3O4S. The number of thiocarbonyl (C=S) groups is 1. The van der Waals surface area contributed by atoms with Crippen molar-refractivity contribution in [1.29, 1.82) is 0 Å². The highest BCUT2D eigenvalue weighted by Gasteiger charge is 2.16. The fourth-order valence-electron chi connectivity index (χ4n) is 2.70. The Morgan fingerprint density at radius 3 is 2.57 bits per heavy atom. The minimum absolute atomic E-state index is 0.0393. The summed E-state index contributed by atoms with van der Waals surface area (Å²) >= 11 is 5.14. The molecule has 0 saturated heterocycles. The van der Waals surface area contributed by atoms with Gasteiger partial charge in [0, 0.05) is 11.6 Å². The monoisotopic (exact) mass is 421 g/mol. The van der Waals surface area contributed by atoms with Gasteiger partial charge < -0.3 is 10.1 Å². The molecule has 7 nitrogen and oxygen atoms in total. The molecule has 0 aliphatic carbocycles. The average Bonchev–Trinajstić information content (AvgIpc) is 2.74. The SMILES string of the molecule is Cc1ccc(NC(=S)NC(=O)c2cccc(OCc3ccccc3)c2)c([N+](=O)[O-])c1. The zero-order valence-corrected chi connectivity index (χ0v) is 16.9. The summed E-state index contributed by atoms with van der Waals surface area (Å²) in [4.78, 5) is 23.2. The zero-order chi connectivity index (χ0) is 21.5. The van der Waals surface area contributed by atoms with E-state index < -0.39 is 10.8 Å². The summed E-state index contributed by atoms with van der Waals surface area (Å²) in [5.41, 5.74) is 2.19. The quantitative estimate of drug-likeness (QED) is 0.343. The Balaban J connectivity index is 1.63. The van der Waals surface area contributed by atoms with Crippen molar-refractivity contribution in [1.82, 2.24) is 5.32 Å². The number of aryl methyl sites for hydroxylation is 1. The molecule has 1 amide bonds. The molecule has 0 radical (unpaired) electrons. The van der Waals surface area contributed by atoms with Gasteiger partial charge >= 0.3 is 0 Å². The smallest absolute Gasteiger partial charge is 0.292 e. The lowest BCUT2D eigenvalue weighted by Gasteiger charge is -2.11. The highest BCUT2D eigenvalue weighted by molar-refractivity contribution is 7.80. The topological polar surface area (TPSA) is 93.5 Å². The van der Waals surface area contributed by atoms with Crippen LogP contribution < -0.4 is 15.4 Å². The number of amides is 1. The van der Waals surface area contributed by atoms with Gasteiger partial charge in [0.15, 0.2) is 5.11 Å². The third kappa shape index (κ3) is 5.62. The lowest BCUT2D eigenvalue weighted by molar-refractivity contribution is -0.383. The summed E-state index contributed by atoms with van der Waals surface area (Å²) in [6.45, 7) is 2.13. The van der Waals surface area contributed by atoms with Crippen LogP contribution >= 0.6 is 12.2 Å². The van der Waals surface area contributed by atoms with Gasteiger partial charge in [0.2, 0.25) is 0 Å². The molecule has 0 bridgehead atoms. The van der Waals surface area contributed by atoms with E-state index in [1.165, 1.54) is 6.07 Å². The van der Waals surface area contributed by atoms with Gasteiger partial charge in [-0.1, -0.05) is 42.5 Å². The number of nitro benzene ring substituents is 1. The van der Waals surface area contributed by atoms with E-state index in [2.05, 4.69) is 10.6 Å². The van der Waals surface area contributed by atoms with Crippen LogP contribution in [-0.4, -0.2) is 15.9 Å². The predicted octanol–water partition coefficient (Wildman–Crippen LogP) is 4.61. The van der Waals surface area contributed by atoms with Gasteiger partial charge in [0.1, 0.15) is 18.0 Å². The van der Waals surface area contributed by atoms with E-state index in [9.17, 15) is 14.9 Å². The predicted molar refractivity (Wildman–Crippen MR) is 119 cm³/mol. The average molecular weight is 421 g/mol. The van der Waals surface area contributed by atoms with E-state index in [-0.39, 0.29) is 16.5 Å². The number of rotatable bonds is 6. The number of hydrogen-bond donors (Lipinski definition) is 2. The van der Waals surface area contributed by atoms with Gasteiger partial charge in [-0.25, -0.2) is 0 Å². The molecule has 0 atom stereocenters. The van der Waals surface area contributed by atoms with Crippen LogP contribution in [0.2, 0.25) is 0 Å². The number of carbonyl (C=O) groups is 1. The molecule has 3 aromatic carbocycles. The first-order valence-corrected chi connectivity index (χ1v) is 9.47. The van der Waals surface area contributed by atoms with Gasteiger partial charge in [0.05, 0.1) is 4.92 Å². The summed E-state index contributed by atoms with van der Waals surface area (Å²) in [6.07, 6.45) is 0. The highest BCUT2D eigenvalue weighted by atomic mass is 32.1. The minimum atomic E-state index is -0.507. The number of carbonyl (C=O) groups excluding carboxylic acids is 1. The molecule has 0 aromatic heterocycles. The number of benzene rings is 3. The van der Waals surface area contributed by atoms with Gasteiger partial charge in [-0.15, -0.1) is 0 Å². The van der Waals surface area contributed by atoms with Gasteiger partial charge in [-0.2, -0.15) is 0 Å². The number of nitrogens with one attached hydrogen (secondary N) is 2. The summed E-state index contributed by atoms with van der Waals surface area (Å²) in [7, 11) is 0. The maximum atomic E-state index is 12.5. The second-order valence-electron chi connectivity index (χ2n) is 6.49. The van der Waals surface area contributed by atoms with E-state index in [0.717, 1.165) is 11.1 Å². The van der Waals surface area contributed by atoms with Crippen molar-refractivity contribution in [3.05, 3.63) is 99.6 Å². The maximum absolute atomic E-state index is 12.5. The second-order valence-corrected chi connectivity index (χ2v) is 6.90. The van der Waals surface area contributed by atoms with E-state index in [0.29, 0.717) is 17.9 Å². The van der Waals surface area contributed by atoms with E-state index >= 15 is 0 Å². The van der Waals surface area contributed by atoms with Gasteiger partial charge in [0.25, 0.3) is 11.6 Å². The summed E-state index contributed by atoms with van der Waals surface area (Å²) < 4.78 is 5.73. The van der Waals surface area contributed by atoms with E-state index in [1.54, 1.807) is 43.3 Å². The minimum Gasteiger partial charge on any atom is -0.489 e. The van der Waals surface area contributed by atoms with Crippen LogP contribution in [0, 0.1) is 17.0 Å². The molecule has 0 unspecified atom stereocenters. The number of nitrogens with zero attached hydrogens (tertiary/aromatic N) is 1. The van der Waals surface area contributed by atoms with E-state index in [4.69, 9.17) is 17.0 Å². The Morgan fingerprint density at radius 2 is 1.83 bits per heavy atom. The van der Waals surface area contributed by atoms with Crippen LogP contribution in [-0.2, 0) is 6.61 Å². The number of nitro groups is 1. The number of ether oxygens (including phenoxy) is 1. The van der Waals surface area contributed by atoms with Crippen LogP contribution in [0.5, 0.6) is 5.75 Å². The van der Waals surface area contributed by atoms with Crippen LogP contribution in [0.3, 0.4) is 0 Å². The molecule has 2 N–H and O–H groups in total. The summed E-state index contributed by atoms with van der Waals surface area (Å²) in [5, 5.41) is 16.4. The van der Waals surface area contributed by atoms with Crippen molar-refractivity contribution < 1.29 is 14.5 Å². The third-order valence-electron chi connectivity index (χ3n) is 4.17. The van der Waals surface area contributed by atoms with Crippen molar-refractivity contribution in [2.75, 3.05) is 5.32 Å². The number of anilines is 1. The van der Waals surface area contributed by atoms with Gasteiger partial charge in [-0.3, -0.25) is 20.2 Å². The Kier molecular flexibility index (Phi) is 6.71. The van der Waals surface area contributed by atoms with Crippen molar-refractivity contribution in [2.45, 2.75) is 13.5 Å². The van der Waals surface area contributed by atoms with E-state index in [1.807, 2.05) is 30.3 Å². The van der Waals surface area contributed by atoms with Crippen molar-refractivity contribution >= 4 is 34.6 Å². The molecule has 8 heteroatoms. The first-order valence-electron chi connectivity index (χ1n) is 9.06. The first-order chi connectivity index (χ1) is 14.4. The molecule has 0 saturated carbocycles.